The lowest BCUT2D eigenvalue weighted by atomic mass is 9.43. The van der Waals surface area contributed by atoms with Gasteiger partial charge in [0.2, 0.25) is 0 Å². The smallest absolute Gasteiger partial charge is 0.305 e. The number of rotatable bonds is 6. The molecule has 4 heteroatoms. The Morgan fingerprint density at radius 3 is 2.58 bits per heavy atom. The molecule has 0 unspecified atom stereocenters. The zero-order chi connectivity index (χ0) is 22.4. The second-order valence-corrected chi connectivity index (χ2v) is 12.3. The maximum absolute atomic E-state index is 12.1. The van der Waals surface area contributed by atoms with Gasteiger partial charge in [0.1, 0.15) is 0 Å². The molecule has 4 aliphatic carbocycles. The normalized spacial score (nSPS) is 47.7. The zero-order valence-electron chi connectivity index (χ0n) is 20.6. The number of nitrogens with two attached hydrogens (primary N) is 2. The van der Waals surface area contributed by atoms with Gasteiger partial charge >= 0.3 is 5.97 Å². The monoisotopic (exact) mass is 432 g/mol. The molecule has 0 radical (unpaired) electrons. The number of fused-ring (bicyclic) bond motifs is 5. The molecular formula is C27H48N2O2. The first-order valence-electron chi connectivity index (χ1n) is 13.4. The van der Waals surface area contributed by atoms with Crippen molar-refractivity contribution in [3.8, 4) is 0 Å². The molecule has 4 saturated carbocycles. The molecule has 0 saturated heterocycles. The third-order valence-corrected chi connectivity index (χ3v) is 11.0. The highest BCUT2D eigenvalue weighted by atomic mass is 16.5. The fourth-order valence-corrected chi connectivity index (χ4v) is 9.14. The van der Waals surface area contributed by atoms with Gasteiger partial charge in [-0.05, 0) is 111 Å². The van der Waals surface area contributed by atoms with Gasteiger partial charge in [-0.25, -0.2) is 0 Å². The Balaban J connectivity index is 1.47. The van der Waals surface area contributed by atoms with E-state index in [2.05, 4.69) is 20.8 Å². The molecule has 0 bridgehead atoms. The lowest BCUT2D eigenvalue weighted by Crippen LogP contribution is -2.61. The van der Waals surface area contributed by atoms with Crippen molar-refractivity contribution in [2.24, 2.45) is 57.8 Å². The van der Waals surface area contributed by atoms with Crippen LogP contribution >= 0.6 is 0 Å². The number of hydrogen-bond donors (Lipinski definition) is 2. The molecule has 10 atom stereocenters. The van der Waals surface area contributed by atoms with E-state index < -0.39 is 0 Å². The Morgan fingerprint density at radius 2 is 1.84 bits per heavy atom. The van der Waals surface area contributed by atoms with E-state index in [-0.39, 0.29) is 17.4 Å². The van der Waals surface area contributed by atoms with Crippen molar-refractivity contribution in [1.29, 1.82) is 0 Å². The van der Waals surface area contributed by atoms with Crippen molar-refractivity contribution < 1.29 is 9.53 Å². The number of hydrogen-bond acceptors (Lipinski definition) is 4. The van der Waals surface area contributed by atoms with Crippen LogP contribution in [-0.2, 0) is 9.53 Å². The Hall–Kier alpha value is -0.610. The number of ether oxygens (including phenoxy) is 1. The van der Waals surface area contributed by atoms with E-state index in [9.17, 15) is 4.79 Å². The van der Waals surface area contributed by atoms with Crippen LogP contribution in [-0.4, -0.2) is 24.7 Å². The Labute approximate surface area is 190 Å². The van der Waals surface area contributed by atoms with Crippen LogP contribution in [0.15, 0.2) is 0 Å². The Bertz CT molecular complexity index is 653. The topological polar surface area (TPSA) is 78.3 Å². The molecule has 0 aromatic rings. The second-order valence-electron chi connectivity index (χ2n) is 12.3. The van der Waals surface area contributed by atoms with Gasteiger partial charge < -0.3 is 16.2 Å². The molecule has 4 aliphatic rings. The third kappa shape index (κ3) is 3.98. The molecule has 31 heavy (non-hydrogen) atoms. The van der Waals surface area contributed by atoms with Crippen LogP contribution in [0.5, 0.6) is 0 Å². The molecule has 0 heterocycles. The summed E-state index contributed by atoms with van der Waals surface area (Å²) in [7, 11) is 0. The second kappa shape index (κ2) is 8.97. The van der Waals surface area contributed by atoms with Gasteiger partial charge in [0.25, 0.3) is 0 Å². The van der Waals surface area contributed by atoms with Crippen LogP contribution in [0.4, 0.5) is 0 Å². The van der Waals surface area contributed by atoms with Crippen LogP contribution in [0.3, 0.4) is 0 Å². The van der Waals surface area contributed by atoms with Crippen molar-refractivity contribution in [2.45, 2.75) is 110 Å². The molecule has 4 fully saturated rings. The SMILES string of the molecule is CCCOC(=O)CC[C@@H](C)[C@H]1CC[C@H]2[C@@H]3CC[C@@H]4C[C@H](N)CC[C@]4(C)[C@H]3C[C@H](N)[C@]12C. The molecule has 0 amide bonds. The standard InChI is InChI=1S/C27H48N2O2/c1-5-14-31-25(30)11-6-17(2)21-9-10-22-20-8-7-18-15-19(28)12-13-26(18,3)23(20)16-24(29)27(21,22)4/h17-24H,5-16,28-29H2,1-4H3/t17-,18-,19-,20+,21-,22+,23+,24+,26+,27-/m1/s1. The minimum atomic E-state index is -0.0249. The predicted molar refractivity (Wildman–Crippen MR) is 126 cm³/mol. The van der Waals surface area contributed by atoms with Crippen LogP contribution in [0.1, 0.15) is 98.3 Å². The van der Waals surface area contributed by atoms with E-state index in [4.69, 9.17) is 16.2 Å². The van der Waals surface area contributed by atoms with Crippen LogP contribution < -0.4 is 11.5 Å². The highest BCUT2D eigenvalue weighted by molar-refractivity contribution is 5.69. The first-order chi connectivity index (χ1) is 14.7. The fraction of sp³-hybridized carbons (Fsp3) is 0.963. The van der Waals surface area contributed by atoms with Gasteiger partial charge in [-0.1, -0.05) is 27.7 Å². The summed E-state index contributed by atoms with van der Waals surface area (Å²) < 4.78 is 5.32. The predicted octanol–water partition coefficient (Wildman–Crippen LogP) is 5.28. The Kier molecular flexibility index (Phi) is 6.81. The van der Waals surface area contributed by atoms with Gasteiger partial charge in [-0.15, -0.1) is 0 Å². The molecular weight excluding hydrogens is 384 g/mol. The molecule has 4 rings (SSSR count). The average Bonchev–Trinajstić information content (AvgIpc) is 3.10. The fourth-order valence-electron chi connectivity index (χ4n) is 9.14. The molecule has 0 aromatic heterocycles. The first kappa shape index (κ1) is 23.5. The lowest BCUT2D eigenvalue weighted by Gasteiger charge is -2.63. The summed E-state index contributed by atoms with van der Waals surface area (Å²) in [6, 6.07) is 0.699. The number of carbonyl (C=O) groups is 1. The van der Waals surface area contributed by atoms with Crippen molar-refractivity contribution >= 4 is 5.97 Å². The van der Waals surface area contributed by atoms with E-state index in [0.29, 0.717) is 36.3 Å². The van der Waals surface area contributed by atoms with Crippen molar-refractivity contribution in [3.63, 3.8) is 0 Å². The maximum atomic E-state index is 12.1. The summed E-state index contributed by atoms with van der Waals surface area (Å²) in [6.07, 6.45) is 12.7. The summed E-state index contributed by atoms with van der Waals surface area (Å²) >= 11 is 0. The molecule has 0 aromatic carbocycles. The van der Waals surface area contributed by atoms with Crippen LogP contribution in [0.25, 0.3) is 0 Å². The maximum Gasteiger partial charge on any atom is 0.305 e. The van der Waals surface area contributed by atoms with Gasteiger partial charge in [0, 0.05) is 18.5 Å². The number of carbonyl (C=O) groups excluding carboxylic acids is 1. The molecule has 4 nitrogen and oxygen atoms in total. The van der Waals surface area contributed by atoms with E-state index >= 15 is 0 Å². The Morgan fingerprint density at radius 1 is 1.06 bits per heavy atom. The lowest BCUT2D eigenvalue weighted by molar-refractivity contribution is -0.144. The third-order valence-electron chi connectivity index (χ3n) is 11.0. The van der Waals surface area contributed by atoms with Crippen LogP contribution in [0, 0.1) is 46.3 Å². The summed E-state index contributed by atoms with van der Waals surface area (Å²) in [5, 5.41) is 0. The molecule has 0 aliphatic heterocycles. The van der Waals surface area contributed by atoms with Crippen molar-refractivity contribution in [1.82, 2.24) is 0 Å². The highest BCUT2D eigenvalue weighted by Crippen LogP contribution is 2.68. The zero-order valence-corrected chi connectivity index (χ0v) is 20.6. The van der Waals surface area contributed by atoms with E-state index in [0.717, 1.165) is 36.5 Å². The largest absolute Gasteiger partial charge is 0.466 e. The molecule has 0 spiro atoms. The van der Waals surface area contributed by atoms with Gasteiger partial charge in [0.05, 0.1) is 6.61 Å². The summed E-state index contributed by atoms with van der Waals surface area (Å²) in [4.78, 5) is 12.1. The van der Waals surface area contributed by atoms with Gasteiger partial charge in [-0.2, -0.15) is 0 Å². The quantitative estimate of drug-likeness (QED) is 0.560. The minimum absolute atomic E-state index is 0.0249. The summed E-state index contributed by atoms with van der Waals surface area (Å²) in [5.41, 5.74) is 14.1. The van der Waals surface area contributed by atoms with Crippen molar-refractivity contribution in [2.75, 3.05) is 6.61 Å². The molecule has 4 N–H and O–H groups in total. The summed E-state index contributed by atoms with van der Waals surface area (Å²) in [6.45, 7) is 10.1. The van der Waals surface area contributed by atoms with E-state index in [1.807, 2.05) is 6.92 Å². The molecule has 178 valence electrons. The van der Waals surface area contributed by atoms with Gasteiger partial charge in [-0.3, -0.25) is 4.79 Å². The summed E-state index contributed by atoms with van der Waals surface area (Å²) in [5.74, 6) is 4.33. The average molecular weight is 433 g/mol. The van der Waals surface area contributed by atoms with E-state index in [1.165, 1.54) is 51.4 Å². The van der Waals surface area contributed by atoms with Crippen LogP contribution in [0.2, 0.25) is 0 Å². The number of esters is 1. The minimum Gasteiger partial charge on any atom is -0.466 e. The van der Waals surface area contributed by atoms with Crippen molar-refractivity contribution in [3.05, 3.63) is 0 Å². The van der Waals surface area contributed by atoms with Gasteiger partial charge in [0.15, 0.2) is 0 Å². The first-order valence-corrected chi connectivity index (χ1v) is 13.4. The van der Waals surface area contributed by atoms with E-state index in [1.54, 1.807) is 0 Å². The highest BCUT2D eigenvalue weighted by Gasteiger charge is 2.63.